The van der Waals surface area contributed by atoms with Crippen molar-refractivity contribution in [2.45, 2.75) is 27.7 Å². The zero-order valence-corrected chi connectivity index (χ0v) is 12.4. The van der Waals surface area contributed by atoms with Gasteiger partial charge in [-0.1, -0.05) is 52.0 Å². The molecule has 0 aliphatic carbocycles. The van der Waals surface area contributed by atoms with E-state index >= 15 is 0 Å². The normalized spacial score (nSPS) is 20.0. The van der Waals surface area contributed by atoms with Crippen LogP contribution in [0.15, 0.2) is 47.1 Å². The van der Waals surface area contributed by atoms with Crippen LogP contribution in [0.25, 0.3) is 10.6 Å². The van der Waals surface area contributed by atoms with Gasteiger partial charge >= 0.3 is 37.7 Å². The molecule has 0 unspecified atom stereocenters. The molecule has 0 spiro atoms. The van der Waals surface area contributed by atoms with E-state index in [9.17, 15) is 0 Å². The minimum Gasteiger partial charge on any atom is -0.666 e. The van der Waals surface area contributed by atoms with Crippen LogP contribution in [0.1, 0.15) is 27.7 Å². The minimum atomic E-state index is 0. The SMILES string of the molecule is CC1=CC(C2C=C(C)[N-]C(C)=C2)C=C(C)[N-]1.[Li+].[Li+]. The first-order chi connectivity index (χ1) is 7.54. The van der Waals surface area contributed by atoms with Crippen LogP contribution >= 0.6 is 0 Å². The maximum absolute atomic E-state index is 4.42. The van der Waals surface area contributed by atoms with Crippen LogP contribution < -0.4 is 37.7 Å². The Kier molecular flexibility index (Phi) is 7.27. The number of hydrogen-bond acceptors (Lipinski definition) is 0. The molecule has 0 aromatic carbocycles. The zero-order valence-electron chi connectivity index (χ0n) is 12.4. The van der Waals surface area contributed by atoms with Gasteiger partial charge in [0.05, 0.1) is 0 Å². The van der Waals surface area contributed by atoms with Crippen molar-refractivity contribution in [3.05, 3.63) is 57.7 Å². The average Bonchev–Trinajstić information content (AvgIpc) is 2.14. The van der Waals surface area contributed by atoms with Crippen LogP contribution in [0.3, 0.4) is 0 Å². The second kappa shape index (κ2) is 7.37. The van der Waals surface area contributed by atoms with E-state index in [-0.39, 0.29) is 37.7 Å². The number of allylic oxidation sites excluding steroid dienone is 8. The van der Waals surface area contributed by atoms with E-state index < -0.39 is 0 Å². The molecule has 0 atom stereocenters. The molecule has 0 aromatic heterocycles. The Bertz CT molecular complexity index is 344. The van der Waals surface area contributed by atoms with Gasteiger partial charge in [-0.3, -0.25) is 0 Å². The Labute approximate surface area is 134 Å². The predicted molar refractivity (Wildman–Crippen MR) is 68.7 cm³/mol. The molecule has 18 heavy (non-hydrogen) atoms. The molecule has 0 fully saturated rings. The monoisotopic (exact) mass is 228 g/mol. The number of nitrogens with zero attached hydrogens (tertiary/aromatic N) is 2. The van der Waals surface area contributed by atoms with E-state index in [2.05, 4.69) is 62.6 Å². The molecule has 2 nitrogen and oxygen atoms in total. The van der Waals surface area contributed by atoms with Crippen LogP contribution in [-0.2, 0) is 0 Å². The molecule has 0 saturated heterocycles. The van der Waals surface area contributed by atoms with Crippen molar-refractivity contribution in [3.8, 4) is 0 Å². The summed E-state index contributed by atoms with van der Waals surface area (Å²) < 4.78 is 0. The number of rotatable bonds is 1. The van der Waals surface area contributed by atoms with E-state index in [1.54, 1.807) is 0 Å². The molecule has 2 rings (SSSR count). The third kappa shape index (κ3) is 4.45. The van der Waals surface area contributed by atoms with Gasteiger partial charge in [0.1, 0.15) is 0 Å². The fourth-order valence-corrected chi connectivity index (χ4v) is 2.36. The van der Waals surface area contributed by atoms with Crippen molar-refractivity contribution in [2.24, 2.45) is 11.8 Å². The minimum absolute atomic E-state index is 0. The summed E-state index contributed by atoms with van der Waals surface area (Å²) in [4.78, 5) is 0. The molecule has 0 bridgehead atoms. The standard InChI is InChI=1S/C14H18N2.2Li/c1-9-5-13(6-10(2)15-9)14-7-11(3)16-12(4)8-14;;/h5-8,13-14H,1-4H3;;/q-2;2*+1. The molecule has 0 N–H and O–H groups in total. The maximum atomic E-state index is 4.42. The molecule has 86 valence electrons. The molecule has 0 aromatic rings. The summed E-state index contributed by atoms with van der Waals surface area (Å²) in [6, 6.07) is 0. The van der Waals surface area contributed by atoms with Crippen LogP contribution in [0.2, 0.25) is 0 Å². The van der Waals surface area contributed by atoms with Crippen molar-refractivity contribution >= 4 is 0 Å². The van der Waals surface area contributed by atoms with Crippen LogP contribution in [0.5, 0.6) is 0 Å². The van der Waals surface area contributed by atoms with Crippen LogP contribution in [0, 0.1) is 11.8 Å². The molecule has 0 amide bonds. The van der Waals surface area contributed by atoms with Gasteiger partial charge in [0.25, 0.3) is 0 Å². The summed E-state index contributed by atoms with van der Waals surface area (Å²) in [6.45, 7) is 8.24. The Morgan fingerprint density at radius 2 is 0.833 bits per heavy atom. The molecule has 2 heterocycles. The van der Waals surface area contributed by atoms with E-state index in [1.807, 2.05) is 0 Å². The Balaban J connectivity index is 0.00000144. The topological polar surface area (TPSA) is 28.2 Å². The predicted octanol–water partition coefficient (Wildman–Crippen LogP) is -1.38. The van der Waals surface area contributed by atoms with Gasteiger partial charge in [0, 0.05) is 11.8 Å². The first kappa shape index (κ1) is 17.8. The summed E-state index contributed by atoms with van der Waals surface area (Å²) >= 11 is 0. The largest absolute Gasteiger partial charge is 1.00 e. The van der Waals surface area contributed by atoms with Crippen molar-refractivity contribution in [1.29, 1.82) is 0 Å². The number of hydrogen-bond donors (Lipinski definition) is 0. The fourth-order valence-electron chi connectivity index (χ4n) is 2.36. The first-order valence-corrected chi connectivity index (χ1v) is 5.72. The van der Waals surface area contributed by atoms with Crippen molar-refractivity contribution < 1.29 is 37.7 Å². The Hall–Kier alpha value is -0.245. The third-order valence-corrected chi connectivity index (χ3v) is 2.88. The van der Waals surface area contributed by atoms with Crippen molar-refractivity contribution in [1.82, 2.24) is 0 Å². The van der Waals surface area contributed by atoms with Crippen LogP contribution in [0.4, 0.5) is 0 Å². The second-order valence-electron chi connectivity index (χ2n) is 4.61. The van der Waals surface area contributed by atoms with E-state index in [4.69, 9.17) is 0 Å². The smallest absolute Gasteiger partial charge is 0.666 e. The summed E-state index contributed by atoms with van der Waals surface area (Å²) in [7, 11) is 0. The van der Waals surface area contributed by atoms with Gasteiger partial charge < -0.3 is 10.6 Å². The van der Waals surface area contributed by atoms with E-state index in [0.717, 1.165) is 22.8 Å². The summed E-state index contributed by atoms with van der Waals surface area (Å²) in [5.74, 6) is 0.857. The summed E-state index contributed by atoms with van der Waals surface area (Å²) in [5, 5.41) is 8.85. The molecular formula is C14H18Li2N2. The van der Waals surface area contributed by atoms with Crippen LogP contribution in [-0.4, -0.2) is 0 Å². The van der Waals surface area contributed by atoms with Gasteiger partial charge in [-0.15, -0.1) is 0 Å². The Morgan fingerprint density at radius 1 is 0.611 bits per heavy atom. The zero-order chi connectivity index (χ0) is 11.7. The van der Waals surface area contributed by atoms with E-state index in [0.29, 0.717) is 11.8 Å². The summed E-state index contributed by atoms with van der Waals surface area (Å²) in [6.07, 6.45) is 8.93. The molecular weight excluding hydrogens is 210 g/mol. The third-order valence-electron chi connectivity index (χ3n) is 2.88. The fraction of sp³-hybridized carbons (Fsp3) is 0.429. The average molecular weight is 228 g/mol. The van der Waals surface area contributed by atoms with Gasteiger partial charge in [0.15, 0.2) is 0 Å². The van der Waals surface area contributed by atoms with Crippen molar-refractivity contribution in [2.75, 3.05) is 0 Å². The van der Waals surface area contributed by atoms with E-state index in [1.165, 1.54) is 0 Å². The molecule has 2 aliphatic rings. The van der Waals surface area contributed by atoms with Gasteiger partial charge in [-0.25, -0.2) is 0 Å². The van der Waals surface area contributed by atoms with Gasteiger partial charge in [0.2, 0.25) is 0 Å². The molecule has 2 aliphatic heterocycles. The second-order valence-corrected chi connectivity index (χ2v) is 4.61. The van der Waals surface area contributed by atoms with Gasteiger partial charge in [-0.2, -0.15) is 22.8 Å². The molecule has 4 heteroatoms. The first-order valence-electron chi connectivity index (χ1n) is 5.72. The van der Waals surface area contributed by atoms with Crippen molar-refractivity contribution in [3.63, 3.8) is 0 Å². The Morgan fingerprint density at radius 3 is 1.06 bits per heavy atom. The summed E-state index contributed by atoms with van der Waals surface area (Å²) in [5.41, 5.74) is 4.46. The van der Waals surface area contributed by atoms with Gasteiger partial charge in [-0.05, 0) is 0 Å². The maximum Gasteiger partial charge on any atom is 1.00 e. The molecule has 0 radical (unpaired) electrons. The molecule has 0 saturated carbocycles. The quantitative estimate of drug-likeness (QED) is 0.495.